The zero-order valence-corrected chi connectivity index (χ0v) is 11.7. The fourth-order valence-electron chi connectivity index (χ4n) is 2.29. The van der Waals surface area contributed by atoms with Gasteiger partial charge < -0.3 is 14.6 Å². The van der Waals surface area contributed by atoms with Gasteiger partial charge in [-0.25, -0.2) is 14.2 Å². The number of methoxy groups -OCH3 is 1. The molecule has 1 aromatic carbocycles. The number of benzene rings is 1. The van der Waals surface area contributed by atoms with E-state index < -0.39 is 11.8 Å². The Morgan fingerprint density at radius 3 is 3.05 bits per heavy atom. The van der Waals surface area contributed by atoms with Crippen LogP contribution in [0.2, 0.25) is 0 Å². The van der Waals surface area contributed by atoms with Crippen molar-refractivity contribution in [3.8, 4) is 0 Å². The van der Waals surface area contributed by atoms with Gasteiger partial charge in [-0.1, -0.05) is 0 Å². The molecule has 0 aliphatic heterocycles. The summed E-state index contributed by atoms with van der Waals surface area (Å²) in [5.74, 6) is -1.03. The molecule has 0 spiro atoms. The molecule has 1 N–H and O–H groups in total. The van der Waals surface area contributed by atoms with Crippen LogP contribution in [-0.4, -0.2) is 22.6 Å². The molecule has 0 radical (unpaired) electrons. The molecule has 1 fully saturated rings. The molecular formula is C15H16FN3O2. The molecular weight excluding hydrogens is 273 g/mol. The van der Waals surface area contributed by atoms with Crippen LogP contribution in [0.25, 0.3) is 0 Å². The molecule has 3 rings (SSSR count). The summed E-state index contributed by atoms with van der Waals surface area (Å²) in [5.41, 5.74) is 1.78. The lowest BCUT2D eigenvalue weighted by Crippen LogP contribution is -2.11. The molecule has 0 atom stereocenters. The molecule has 1 heterocycles. The molecule has 0 saturated heterocycles. The van der Waals surface area contributed by atoms with Gasteiger partial charge in [0, 0.05) is 17.9 Å². The van der Waals surface area contributed by atoms with E-state index in [9.17, 15) is 9.18 Å². The molecule has 110 valence electrons. The number of rotatable bonds is 5. The standard InChI is InChI=1S/C15H16FN3O2/c1-21-15(20)13-6-10(16)2-5-14(13)18-8-12-7-17-9-19(12)11-3-4-11/h2,5-7,9,11,18H,3-4,8H2,1H3. The first kappa shape index (κ1) is 13.6. The third-order valence-corrected chi connectivity index (χ3v) is 3.53. The van der Waals surface area contributed by atoms with E-state index in [-0.39, 0.29) is 5.56 Å². The van der Waals surface area contributed by atoms with E-state index in [0.29, 0.717) is 18.3 Å². The Kier molecular flexibility index (Phi) is 3.60. The first-order valence-corrected chi connectivity index (χ1v) is 6.81. The topological polar surface area (TPSA) is 56.1 Å². The van der Waals surface area contributed by atoms with Crippen LogP contribution >= 0.6 is 0 Å². The maximum atomic E-state index is 13.3. The predicted molar refractivity (Wildman–Crippen MR) is 75.6 cm³/mol. The molecule has 21 heavy (non-hydrogen) atoms. The van der Waals surface area contributed by atoms with Crippen LogP contribution in [0.1, 0.15) is 34.9 Å². The van der Waals surface area contributed by atoms with Gasteiger partial charge in [-0.3, -0.25) is 0 Å². The molecule has 6 heteroatoms. The summed E-state index contributed by atoms with van der Waals surface area (Å²) in [7, 11) is 1.28. The van der Waals surface area contributed by atoms with E-state index in [1.54, 1.807) is 12.3 Å². The Morgan fingerprint density at radius 2 is 2.33 bits per heavy atom. The van der Waals surface area contributed by atoms with E-state index in [0.717, 1.165) is 5.69 Å². The summed E-state index contributed by atoms with van der Waals surface area (Å²) in [5, 5.41) is 3.15. The number of carbonyl (C=O) groups excluding carboxylic acids is 1. The van der Waals surface area contributed by atoms with E-state index in [4.69, 9.17) is 0 Å². The number of carbonyl (C=O) groups is 1. The average Bonchev–Trinajstić information content (AvgIpc) is 3.24. The minimum absolute atomic E-state index is 0.190. The summed E-state index contributed by atoms with van der Waals surface area (Å²) in [4.78, 5) is 15.8. The van der Waals surface area contributed by atoms with Crippen LogP contribution in [0.5, 0.6) is 0 Å². The zero-order valence-electron chi connectivity index (χ0n) is 11.7. The summed E-state index contributed by atoms with van der Waals surface area (Å²) < 4.78 is 20.1. The number of hydrogen-bond donors (Lipinski definition) is 1. The highest BCUT2D eigenvalue weighted by atomic mass is 19.1. The molecule has 1 aliphatic rings. The third kappa shape index (κ3) is 2.89. The quantitative estimate of drug-likeness (QED) is 0.860. The van der Waals surface area contributed by atoms with Crippen molar-refractivity contribution >= 4 is 11.7 Å². The lowest BCUT2D eigenvalue weighted by Gasteiger charge is -2.12. The van der Waals surface area contributed by atoms with E-state index in [2.05, 4.69) is 19.6 Å². The highest BCUT2D eigenvalue weighted by Crippen LogP contribution is 2.35. The first-order chi connectivity index (χ1) is 10.2. The highest BCUT2D eigenvalue weighted by Gasteiger charge is 2.25. The van der Waals surface area contributed by atoms with E-state index >= 15 is 0 Å². The van der Waals surface area contributed by atoms with Crippen molar-refractivity contribution < 1.29 is 13.9 Å². The number of hydrogen-bond acceptors (Lipinski definition) is 4. The van der Waals surface area contributed by atoms with Crippen molar-refractivity contribution in [3.05, 3.63) is 47.8 Å². The third-order valence-electron chi connectivity index (χ3n) is 3.53. The average molecular weight is 289 g/mol. The molecule has 0 amide bonds. The van der Waals surface area contributed by atoms with Crippen molar-refractivity contribution in [1.82, 2.24) is 9.55 Å². The van der Waals surface area contributed by atoms with Crippen molar-refractivity contribution in [3.63, 3.8) is 0 Å². The van der Waals surface area contributed by atoms with Crippen LogP contribution in [0.3, 0.4) is 0 Å². The van der Waals surface area contributed by atoms with Crippen LogP contribution in [0, 0.1) is 5.82 Å². The van der Waals surface area contributed by atoms with Gasteiger partial charge in [-0.05, 0) is 31.0 Å². The fraction of sp³-hybridized carbons (Fsp3) is 0.333. The Bertz CT molecular complexity index is 665. The van der Waals surface area contributed by atoms with Gasteiger partial charge in [0.2, 0.25) is 0 Å². The van der Waals surface area contributed by atoms with Gasteiger partial charge in [-0.15, -0.1) is 0 Å². The summed E-state index contributed by atoms with van der Waals surface area (Å²) >= 11 is 0. The number of anilines is 1. The normalized spacial score (nSPS) is 14.0. The minimum atomic E-state index is -0.562. The van der Waals surface area contributed by atoms with E-state index in [1.165, 1.54) is 32.1 Å². The summed E-state index contributed by atoms with van der Waals surface area (Å²) in [6.07, 6.45) is 5.97. The van der Waals surface area contributed by atoms with Crippen LogP contribution < -0.4 is 5.32 Å². The van der Waals surface area contributed by atoms with Crippen molar-refractivity contribution in [2.45, 2.75) is 25.4 Å². The molecule has 1 aliphatic carbocycles. The summed E-state index contributed by atoms with van der Waals surface area (Å²) in [6, 6.07) is 4.57. The van der Waals surface area contributed by atoms with Gasteiger partial charge in [0.25, 0.3) is 0 Å². The number of aromatic nitrogens is 2. The second-order valence-electron chi connectivity index (χ2n) is 5.06. The smallest absolute Gasteiger partial charge is 0.340 e. The minimum Gasteiger partial charge on any atom is -0.465 e. The van der Waals surface area contributed by atoms with Gasteiger partial charge in [-0.2, -0.15) is 0 Å². The molecule has 0 unspecified atom stereocenters. The second-order valence-corrected chi connectivity index (χ2v) is 5.06. The monoisotopic (exact) mass is 289 g/mol. The number of imidazole rings is 1. The SMILES string of the molecule is COC(=O)c1cc(F)ccc1NCc1cncn1C1CC1. The van der Waals surface area contributed by atoms with Crippen molar-refractivity contribution in [1.29, 1.82) is 0 Å². The van der Waals surface area contributed by atoms with Gasteiger partial charge in [0.1, 0.15) is 5.82 Å². The first-order valence-electron chi connectivity index (χ1n) is 6.81. The number of esters is 1. The van der Waals surface area contributed by atoms with Crippen LogP contribution in [0.4, 0.5) is 10.1 Å². The lowest BCUT2D eigenvalue weighted by molar-refractivity contribution is 0.0601. The predicted octanol–water partition coefficient (Wildman–Crippen LogP) is 2.76. The van der Waals surface area contributed by atoms with Gasteiger partial charge in [0.05, 0.1) is 31.2 Å². The second kappa shape index (κ2) is 5.55. The van der Waals surface area contributed by atoms with Gasteiger partial charge >= 0.3 is 5.97 Å². The van der Waals surface area contributed by atoms with Gasteiger partial charge in [0.15, 0.2) is 0 Å². The molecule has 1 aromatic heterocycles. The van der Waals surface area contributed by atoms with Crippen LogP contribution in [0.15, 0.2) is 30.7 Å². The molecule has 1 saturated carbocycles. The number of halogens is 1. The largest absolute Gasteiger partial charge is 0.465 e. The van der Waals surface area contributed by atoms with Crippen molar-refractivity contribution in [2.24, 2.45) is 0 Å². The Balaban J connectivity index is 1.78. The zero-order chi connectivity index (χ0) is 14.8. The highest BCUT2D eigenvalue weighted by molar-refractivity contribution is 5.95. The number of nitrogens with one attached hydrogen (secondary N) is 1. The Labute approximate surface area is 121 Å². The summed E-state index contributed by atoms with van der Waals surface area (Å²) in [6.45, 7) is 0.520. The lowest BCUT2D eigenvalue weighted by atomic mass is 10.1. The van der Waals surface area contributed by atoms with Crippen molar-refractivity contribution in [2.75, 3.05) is 12.4 Å². The number of ether oxygens (including phenoxy) is 1. The van der Waals surface area contributed by atoms with Crippen LogP contribution in [-0.2, 0) is 11.3 Å². The molecule has 2 aromatic rings. The number of nitrogens with zero attached hydrogens (tertiary/aromatic N) is 2. The molecule has 0 bridgehead atoms. The fourth-order valence-corrected chi connectivity index (χ4v) is 2.29. The maximum absolute atomic E-state index is 13.3. The van der Waals surface area contributed by atoms with E-state index in [1.807, 2.05) is 6.33 Å². The molecule has 5 nitrogen and oxygen atoms in total. The Hall–Kier alpha value is -2.37. The maximum Gasteiger partial charge on any atom is 0.340 e. The Morgan fingerprint density at radius 1 is 1.52 bits per heavy atom.